The Morgan fingerprint density at radius 1 is 0.963 bits per heavy atom. The van der Waals surface area contributed by atoms with Crippen LogP contribution in [0.1, 0.15) is 5.89 Å². The average molecular weight is 367 g/mol. The second kappa shape index (κ2) is 8.19. The molecule has 0 N–H and O–H groups in total. The Morgan fingerprint density at radius 3 is 2.48 bits per heavy atom. The summed E-state index contributed by atoms with van der Waals surface area (Å²) in [5.74, 6) is 0.645. The summed E-state index contributed by atoms with van der Waals surface area (Å²) in [5, 5.41) is 8.14. The molecule has 27 heavy (non-hydrogen) atoms. The molecular formula is C18H21N7O2. The first-order valence-corrected chi connectivity index (χ1v) is 8.97. The maximum atomic E-state index is 12.1. The predicted octanol–water partition coefficient (Wildman–Crippen LogP) is 0.506. The largest absolute Gasteiger partial charge is 0.338 e. The summed E-state index contributed by atoms with van der Waals surface area (Å²) in [6.45, 7) is 5.79. The fourth-order valence-electron chi connectivity index (χ4n) is 3.15. The van der Waals surface area contributed by atoms with Crippen molar-refractivity contribution in [3.05, 3.63) is 59.2 Å². The molecule has 0 atom stereocenters. The highest BCUT2D eigenvalue weighted by atomic mass is 16.5. The number of nitrogens with zero attached hydrogens (tertiary/aromatic N) is 7. The molecule has 1 fully saturated rings. The van der Waals surface area contributed by atoms with Gasteiger partial charge in [-0.15, -0.1) is 0 Å². The molecule has 1 aliphatic heterocycles. The molecular weight excluding hydrogens is 346 g/mol. The molecule has 3 aromatic heterocycles. The number of pyridine rings is 1. The quantitative estimate of drug-likeness (QED) is 0.622. The highest BCUT2D eigenvalue weighted by Gasteiger charge is 2.18. The van der Waals surface area contributed by atoms with Crippen LogP contribution in [0, 0.1) is 0 Å². The van der Waals surface area contributed by atoms with Crippen LogP contribution in [0.5, 0.6) is 0 Å². The molecule has 4 heterocycles. The van der Waals surface area contributed by atoms with Crippen LogP contribution in [0.25, 0.3) is 11.3 Å². The summed E-state index contributed by atoms with van der Waals surface area (Å²) >= 11 is 0. The Hall–Kier alpha value is -2.91. The van der Waals surface area contributed by atoms with Crippen LogP contribution in [0.2, 0.25) is 0 Å². The van der Waals surface area contributed by atoms with Gasteiger partial charge in [0.15, 0.2) is 6.33 Å². The van der Waals surface area contributed by atoms with Crippen molar-refractivity contribution < 1.29 is 4.52 Å². The van der Waals surface area contributed by atoms with E-state index in [-0.39, 0.29) is 5.56 Å². The van der Waals surface area contributed by atoms with Gasteiger partial charge in [0.2, 0.25) is 5.89 Å². The second-order valence-corrected chi connectivity index (χ2v) is 6.47. The third-order valence-electron chi connectivity index (χ3n) is 4.70. The minimum absolute atomic E-state index is 0.0807. The minimum Gasteiger partial charge on any atom is -0.338 e. The van der Waals surface area contributed by atoms with Crippen LogP contribution >= 0.6 is 0 Å². The first-order chi connectivity index (χ1) is 13.3. The van der Waals surface area contributed by atoms with Gasteiger partial charge in [-0.1, -0.05) is 5.16 Å². The molecule has 0 spiro atoms. The van der Waals surface area contributed by atoms with Crippen LogP contribution < -0.4 is 5.56 Å². The fourth-order valence-corrected chi connectivity index (χ4v) is 3.15. The van der Waals surface area contributed by atoms with Crippen LogP contribution in [0.15, 0.2) is 52.3 Å². The number of hydrogen-bond acceptors (Lipinski definition) is 8. The zero-order valence-electron chi connectivity index (χ0n) is 14.9. The first kappa shape index (κ1) is 17.5. The minimum atomic E-state index is -0.0807. The molecule has 0 aliphatic carbocycles. The van der Waals surface area contributed by atoms with Crippen molar-refractivity contribution in [3.63, 3.8) is 0 Å². The van der Waals surface area contributed by atoms with E-state index in [0.29, 0.717) is 19.0 Å². The molecule has 0 unspecified atom stereocenters. The van der Waals surface area contributed by atoms with Crippen molar-refractivity contribution in [1.82, 2.24) is 34.7 Å². The lowest BCUT2D eigenvalue weighted by Crippen LogP contribution is -2.47. The van der Waals surface area contributed by atoms with Gasteiger partial charge in [-0.2, -0.15) is 10.1 Å². The molecule has 1 saturated heterocycles. The maximum absolute atomic E-state index is 12.1. The molecule has 0 amide bonds. The van der Waals surface area contributed by atoms with Crippen LogP contribution in [-0.2, 0) is 13.1 Å². The van der Waals surface area contributed by atoms with E-state index >= 15 is 0 Å². The zero-order chi connectivity index (χ0) is 18.5. The topological polar surface area (TPSA) is 93.2 Å². The molecule has 0 radical (unpaired) electrons. The van der Waals surface area contributed by atoms with Gasteiger partial charge in [0.05, 0.1) is 18.8 Å². The van der Waals surface area contributed by atoms with Gasteiger partial charge in [0, 0.05) is 56.7 Å². The van der Waals surface area contributed by atoms with Crippen LogP contribution in [0.3, 0.4) is 0 Å². The SMILES string of the molecule is O=c1ccc(-c2ccncc2)nn1CCN1CCN(Cc2ncno2)CC1. The van der Waals surface area contributed by atoms with Gasteiger partial charge < -0.3 is 4.52 Å². The van der Waals surface area contributed by atoms with Gasteiger partial charge >= 0.3 is 0 Å². The number of rotatable bonds is 6. The molecule has 0 bridgehead atoms. The van der Waals surface area contributed by atoms with Gasteiger partial charge in [0.25, 0.3) is 5.56 Å². The summed E-state index contributed by atoms with van der Waals surface area (Å²) in [7, 11) is 0. The average Bonchev–Trinajstić information content (AvgIpc) is 3.22. The summed E-state index contributed by atoms with van der Waals surface area (Å²) in [6.07, 6.45) is 4.87. The lowest BCUT2D eigenvalue weighted by molar-refractivity contribution is 0.113. The number of piperazine rings is 1. The van der Waals surface area contributed by atoms with Crippen molar-refractivity contribution in [2.45, 2.75) is 13.1 Å². The molecule has 3 aromatic rings. The Morgan fingerprint density at radius 2 is 1.74 bits per heavy atom. The lowest BCUT2D eigenvalue weighted by atomic mass is 10.2. The summed E-state index contributed by atoms with van der Waals surface area (Å²) in [5.41, 5.74) is 1.65. The fraction of sp³-hybridized carbons (Fsp3) is 0.389. The molecule has 140 valence electrons. The van der Waals surface area contributed by atoms with E-state index in [1.807, 2.05) is 12.1 Å². The lowest BCUT2D eigenvalue weighted by Gasteiger charge is -2.33. The first-order valence-electron chi connectivity index (χ1n) is 8.97. The smallest absolute Gasteiger partial charge is 0.266 e. The Bertz CT molecular complexity index is 903. The van der Waals surface area contributed by atoms with Crippen molar-refractivity contribution in [1.29, 1.82) is 0 Å². The molecule has 0 saturated carbocycles. The zero-order valence-corrected chi connectivity index (χ0v) is 14.9. The molecule has 0 aromatic carbocycles. The van der Waals surface area contributed by atoms with Gasteiger partial charge in [0.1, 0.15) is 0 Å². The second-order valence-electron chi connectivity index (χ2n) is 6.47. The van der Waals surface area contributed by atoms with E-state index in [2.05, 4.69) is 30.0 Å². The monoisotopic (exact) mass is 367 g/mol. The van der Waals surface area contributed by atoms with E-state index in [4.69, 9.17) is 4.52 Å². The maximum Gasteiger partial charge on any atom is 0.266 e. The standard InChI is InChI=1S/C18H21N7O2/c26-18-2-1-16(15-3-5-19-6-4-15)22-25(18)12-11-23-7-9-24(10-8-23)13-17-20-14-21-27-17/h1-6,14H,7-13H2. The normalized spacial score (nSPS) is 15.9. The van der Waals surface area contributed by atoms with E-state index in [1.165, 1.54) is 6.33 Å². The van der Waals surface area contributed by atoms with E-state index in [0.717, 1.165) is 44.0 Å². The van der Waals surface area contributed by atoms with Gasteiger partial charge in [-0.05, 0) is 18.2 Å². The van der Waals surface area contributed by atoms with Gasteiger partial charge in [-0.25, -0.2) is 4.68 Å². The van der Waals surface area contributed by atoms with Crippen LogP contribution in [0.4, 0.5) is 0 Å². The molecule has 4 rings (SSSR count). The Kier molecular flexibility index (Phi) is 5.31. The third-order valence-corrected chi connectivity index (χ3v) is 4.70. The molecule has 1 aliphatic rings. The van der Waals surface area contributed by atoms with E-state index in [9.17, 15) is 4.79 Å². The third kappa shape index (κ3) is 4.44. The van der Waals surface area contributed by atoms with E-state index < -0.39 is 0 Å². The predicted molar refractivity (Wildman–Crippen MR) is 97.7 cm³/mol. The van der Waals surface area contributed by atoms with Crippen LogP contribution in [-0.4, -0.2) is 67.4 Å². The van der Waals surface area contributed by atoms with Crippen molar-refractivity contribution in [2.75, 3.05) is 32.7 Å². The summed E-state index contributed by atoms with van der Waals surface area (Å²) in [4.78, 5) is 24.9. The molecule has 9 heteroatoms. The Labute approximate surface area is 156 Å². The Balaban J connectivity index is 1.32. The summed E-state index contributed by atoms with van der Waals surface area (Å²) in [6, 6.07) is 7.11. The van der Waals surface area contributed by atoms with E-state index in [1.54, 1.807) is 29.2 Å². The number of hydrogen-bond donors (Lipinski definition) is 0. The molecule has 9 nitrogen and oxygen atoms in total. The van der Waals surface area contributed by atoms with Crippen molar-refractivity contribution >= 4 is 0 Å². The van der Waals surface area contributed by atoms with Gasteiger partial charge in [-0.3, -0.25) is 19.6 Å². The highest BCUT2D eigenvalue weighted by Crippen LogP contribution is 2.13. The highest BCUT2D eigenvalue weighted by molar-refractivity contribution is 5.56. The van der Waals surface area contributed by atoms with Crippen molar-refractivity contribution in [2.24, 2.45) is 0 Å². The number of aromatic nitrogens is 5. The van der Waals surface area contributed by atoms with Crippen molar-refractivity contribution in [3.8, 4) is 11.3 Å². The summed E-state index contributed by atoms with van der Waals surface area (Å²) < 4.78 is 6.60.